The summed E-state index contributed by atoms with van der Waals surface area (Å²) in [5.74, 6) is 1.74. The maximum atomic E-state index is 13.4. The minimum atomic E-state index is -0.355. The molecule has 0 spiro atoms. The van der Waals surface area contributed by atoms with Gasteiger partial charge < -0.3 is 19.1 Å². The summed E-state index contributed by atoms with van der Waals surface area (Å²) in [6, 6.07) is 15.7. The molecule has 0 aliphatic carbocycles. The second-order valence-corrected chi connectivity index (χ2v) is 8.74. The van der Waals surface area contributed by atoms with Crippen molar-refractivity contribution in [3.63, 3.8) is 0 Å². The van der Waals surface area contributed by atoms with E-state index in [1.807, 2.05) is 47.4 Å². The fourth-order valence-electron chi connectivity index (χ4n) is 5.26. The molecule has 5 rings (SSSR count). The van der Waals surface area contributed by atoms with E-state index in [9.17, 15) is 4.79 Å². The van der Waals surface area contributed by atoms with Crippen LogP contribution in [0.15, 0.2) is 48.5 Å². The van der Waals surface area contributed by atoms with Crippen molar-refractivity contribution in [3.8, 4) is 11.5 Å². The lowest BCUT2D eigenvalue weighted by Crippen LogP contribution is -2.54. The summed E-state index contributed by atoms with van der Waals surface area (Å²) in [5, 5.41) is 0. The van der Waals surface area contributed by atoms with Crippen molar-refractivity contribution in [2.75, 3.05) is 13.7 Å². The van der Waals surface area contributed by atoms with E-state index in [1.54, 1.807) is 7.11 Å². The monoisotopic (exact) mass is 393 g/mol. The van der Waals surface area contributed by atoms with Crippen LogP contribution in [0.1, 0.15) is 48.7 Å². The van der Waals surface area contributed by atoms with Gasteiger partial charge in [-0.3, -0.25) is 4.79 Å². The van der Waals surface area contributed by atoms with Crippen molar-refractivity contribution in [2.24, 2.45) is 5.92 Å². The highest BCUT2D eigenvalue weighted by molar-refractivity contribution is 5.97. The van der Waals surface area contributed by atoms with E-state index in [4.69, 9.17) is 14.2 Å². The number of carbonyl (C=O) groups is 1. The van der Waals surface area contributed by atoms with E-state index in [-0.39, 0.29) is 35.7 Å². The third kappa shape index (κ3) is 2.91. The first-order chi connectivity index (χ1) is 14.0. The molecule has 0 bridgehead atoms. The number of fused-ring (bicyclic) bond motifs is 4. The summed E-state index contributed by atoms with van der Waals surface area (Å²) in [4.78, 5) is 15.3. The highest BCUT2D eigenvalue weighted by Crippen LogP contribution is 2.52. The number of carbonyl (C=O) groups excluding carboxylic acids is 1. The number of likely N-dealkylation sites (tertiary alicyclic amines) is 1. The summed E-state index contributed by atoms with van der Waals surface area (Å²) >= 11 is 0. The number of para-hydroxylation sites is 2. The molecule has 2 fully saturated rings. The van der Waals surface area contributed by atoms with Crippen molar-refractivity contribution < 1.29 is 19.0 Å². The summed E-state index contributed by atoms with van der Waals surface area (Å²) in [5.41, 5.74) is 1.39. The summed E-state index contributed by atoms with van der Waals surface area (Å²) in [6.07, 6.45) is 1.80. The van der Waals surface area contributed by atoms with Crippen LogP contribution < -0.4 is 9.47 Å². The Morgan fingerprint density at radius 1 is 1.14 bits per heavy atom. The van der Waals surface area contributed by atoms with Crippen LogP contribution in [0.3, 0.4) is 0 Å². The Labute approximate surface area is 171 Å². The van der Waals surface area contributed by atoms with Gasteiger partial charge >= 0.3 is 0 Å². The maximum Gasteiger partial charge on any atom is 0.257 e. The van der Waals surface area contributed by atoms with Gasteiger partial charge in [0.1, 0.15) is 17.1 Å². The van der Waals surface area contributed by atoms with Gasteiger partial charge in [0.25, 0.3) is 5.91 Å². The molecule has 5 heteroatoms. The molecule has 3 heterocycles. The minimum Gasteiger partial charge on any atom is -0.496 e. The molecule has 3 aliphatic rings. The lowest BCUT2D eigenvalue weighted by molar-refractivity contribution is -0.159. The molecule has 2 aromatic rings. The number of nitrogens with zero attached hydrogens (tertiary/aromatic N) is 1. The number of amides is 1. The van der Waals surface area contributed by atoms with Crippen LogP contribution in [-0.2, 0) is 4.74 Å². The minimum absolute atomic E-state index is 0.0116. The van der Waals surface area contributed by atoms with Gasteiger partial charge in [-0.1, -0.05) is 30.3 Å². The van der Waals surface area contributed by atoms with E-state index in [2.05, 4.69) is 19.9 Å². The molecule has 3 aliphatic heterocycles. The van der Waals surface area contributed by atoms with Gasteiger partial charge in [0.15, 0.2) is 0 Å². The molecule has 1 amide bonds. The van der Waals surface area contributed by atoms with E-state index in [0.29, 0.717) is 17.9 Å². The second kappa shape index (κ2) is 6.77. The molecular formula is C24H27NO4. The van der Waals surface area contributed by atoms with Gasteiger partial charge in [-0.15, -0.1) is 0 Å². The zero-order valence-electron chi connectivity index (χ0n) is 17.1. The molecular weight excluding hydrogens is 366 g/mol. The zero-order chi connectivity index (χ0) is 20.2. The molecule has 0 aromatic heterocycles. The van der Waals surface area contributed by atoms with Gasteiger partial charge in [-0.25, -0.2) is 0 Å². The topological polar surface area (TPSA) is 48.0 Å². The summed E-state index contributed by atoms with van der Waals surface area (Å²) in [6.45, 7) is 4.96. The van der Waals surface area contributed by atoms with Crippen molar-refractivity contribution in [2.45, 2.75) is 50.5 Å². The normalized spacial score (nSPS) is 29.3. The SMILES string of the molecule is COc1ccccc1C(=O)N1CC[C@H]2O[C@H]3c4ccccc4OC(C)(C)[C@@H]3C[C@H]21. The van der Waals surface area contributed by atoms with Crippen LogP contribution in [0.2, 0.25) is 0 Å². The van der Waals surface area contributed by atoms with Gasteiger partial charge in [0.2, 0.25) is 0 Å². The maximum absolute atomic E-state index is 13.4. The largest absolute Gasteiger partial charge is 0.496 e. The fourth-order valence-corrected chi connectivity index (χ4v) is 5.26. The van der Waals surface area contributed by atoms with Gasteiger partial charge in [-0.05, 0) is 44.9 Å². The van der Waals surface area contributed by atoms with Crippen LogP contribution in [0.4, 0.5) is 0 Å². The van der Waals surface area contributed by atoms with Crippen molar-refractivity contribution in [3.05, 3.63) is 59.7 Å². The average molecular weight is 393 g/mol. The summed E-state index contributed by atoms with van der Waals surface area (Å²) < 4.78 is 18.4. The number of hydrogen-bond acceptors (Lipinski definition) is 4. The first-order valence-corrected chi connectivity index (χ1v) is 10.4. The molecule has 0 unspecified atom stereocenters. The Bertz CT molecular complexity index is 940. The Hall–Kier alpha value is -2.53. The summed E-state index contributed by atoms with van der Waals surface area (Å²) in [7, 11) is 1.60. The second-order valence-electron chi connectivity index (χ2n) is 8.74. The molecule has 0 saturated carbocycles. The molecule has 5 nitrogen and oxygen atoms in total. The number of ether oxygens (including phenoxy) is 3. The van der Waals surface area contributed by atoms with Crippen LogP contribution in [0, 0.1) is 5.92 Å². The Morgan fingerprint density at radius 2 is 1.90 bits per heavy atom. The van der Waals surface area contributed by atoms with Gasteiger partial charge in [0, 0.05) is 18.0 Å². The van der Waals surface area contributed by atoms with Gasteiger partial charge in [-0.2, -0.15) is 0 Å². The quantitative estimate of drug-likeness (QED) is 0.766. The Morgan fingerprint density at radius 3 is 2.72 bits per heavy atom. The lowest BCUT2D eigenvalue weighted by atomic mass is 9.74. The Kier molecular flexibility index (Phi) is 4.32. The molecule has 4 atom stereocenters. The van der Waals surface area contributed by atoms with Crippen molar-refractivity contribution in [1.82, 2.24) is 4.90 Å². The van der Waals surface area contributed by atoms with Crippen molar-refractivity contribution >= 4 is 5.91 Å². The third-order valence-corrected chi connectivity index (χ3v) is 6.76. The highest BCUT2D eigenvalue weighted by Gasteiger charge is 2.53. The van der Waals surface area contributed by atoms with Crippen LogP contribution in [0.25, 0.3) is 0 Å². The number of methoxy groups -OCH3 is 1. The number of rotatable bonds is 2. The molecule has 2 aromatic carbocycles. The van der Waals surface area contributed by atoms with Crippen molar-refractivity contribution in [1.29, 1.82) is 0 Å². The van der Waals surface area contributed by atoms with E-state index >= 15 is 0 Å². The average Bonchev–Trinajstić information content (AvgIpc) is 3.15. The van der Waals surface area contributed by atoms with E-state index < -0.39 is 0 Å². The molecule has 29 heavy (non-hydrogen) atoms. The third-order valence-electron chi connectivity index (χ3n) is 6.76. The smallest absolute Gasteiger partial charge is 0.257 e. The van der Waals surface area contributed by atoms with Crippen LogP contribution in [0.5, 0.6) is 11.5 Å². The van der Waals surface area contributed by atoms with Crippen LogP contribution in [-0.4, -0.2) is 42.2 Å². The Balaban J connectivity index is 1.45. The standard InChI is InChI=1S/C24H27NO4/c1-24(2)17-14-18-21(28-22(17)15-8-4-7-11-20(15)29-24)12-13-25(18)23(26)16-9-5-6-10-19(16)27-3/h4-11,17-18,21-22H,12-14H2,1-3H3/t17-,18-,21-,22+/m1/s1. The number of hydrogen-bond donors (Lipinski definition) is 0. The molecule has 2 saturated heterocycles. The first kappa shape index (κ1) is 18.5. The van der Waals surface area contributed by atoms with E-state index in [0.717, 1.165) is 24.2 Å². The predicted molar refractivity (Wildman–Crippen MR) is 109 cm³/mol. The van der Waals surface area contributed by atoms with Gasteiger partial charge in [0.05, 0.1) is 30.9 Å². The van der Waals surface area contributed by atoms with E-state index in [1.165, 1.54) is 0 Å². The zero-order valence-corrected chi connectivity index (χ0v) is 17.1. The lowest BCUT2D eigenvalue weighted by Gasteiger charge is -2.50. The highest BCUT2D eigenvalue weighted by atomic mass is 16.5. The molecule has 152 valence electrons. The number of benzene rings is 2. The van der Waals surface area contributed by atoms with Crippen LogP contribution >= 0.6 is 0 Å². The fraction of sp³-hybridized carbons (Fsp3) is 0.458. The first-order valence-electron chi connectivity index (χ1n) is 10.4. The molecule has 0 N–H and O–H groups in total. The molecule has 0 radical (unpaired) electrons. The predicted octanol–water partition coefficient (Wildman–Crippen LogP) is 4.23.